The summed E-state index contributed by atoms with van der Waals surface area (Å²) in [6.07, 6.45) is 0. The van der Waals surface area contributed by atoms with Gasteiger partial charge in [-0.1, -0.05) is 41.1 Å². The van der Waals surface area contributed by atoms with Crippen molar-refractivity contribution in [1.29, 1.82) is 0 Å². The van der Waals surface area contributed by atoms with Crippen molar-refractivity contribution in [3.05, 3.63) is 62.6 Å². The molecular formula is C15H15BrN2O3. The van der Waals surface area contributed by atoms with E-state index in [9.17, 15) is 10.1 Å². The van der Waals surface area contributed by atoms with Gasteiger partial charge in [-0.3, -0.25) is 10.1 Å². The van der Waals surface area contributed by atoms with E-state index < -0.39 is 4.92 Å². The molecule has 2 aromatic rings. The van der Waals surface area contributed by atoms with Gasteiger partial charge in [0.1, 0.15) is 5.75 Å². The van der Waals surface area contributed by atoms with E-state index in [1.807, 2.05) is 19.1 Å². The van der Waals surface area contributed by atoms with Crippen LogP contribution in [0.25, 0.3) is 0 Å². The van der Waals surface area contributed by atoms with E-state index in [-0.39, 0.29) is 11.4 Å². The summed E-state index contributed by atoms with van der Waals surface area (Å²) in [6, 6.07) is 11.9. The lowest BCUT2D eigenvalue weighted by Gasteiger charge is -2.09. The highest BCUT2D eigenvalue weighted by molar-refractivity contribution is 9.10. The Balaban J connectivity index is 2.21. The average molecular weight is 351 g/mol. The van der Waals surface area contributed by atoms with Gasteiger partial charge in [0.25, 0.3) is 0 Å². The molecule has 0 aliphatic rings. The van der Waals surface area contributed by atoms with Crippen LogP contribution in [-0.4, -0.2) is 11.5 Å². The van der Waals surface area contributed by atoms with Crippen LogP contribution in [0.4, 0.5) is 5.69 Å². The fourth-order valence-corrected chi connectivity index (χ4v) is 2.31. The van der Waals surface area contributed by atoms with Gasteiger partial charge in [0, 0.05) is 17.1 Å². The Morgan fingerprint density at radius 2 is 2.05 bits per heavy atom. The minimum atomic E-state index is -0.454. The first kappa shape index (κ1) is 15.5. The number of nitro groups is 1. The maximum Gasteiger partial charge on any atom is 0.311 e. The Morgan fingerprint density at radius 1 is 1.29 bits per heavy atom. The highest BCUT2D eigenvalue weighted by Gasteiger charge is 2.14. The van der Waals surface area contributed by atoms with Gasteiger partial charge in [-0.2, -0.15) is 0 Å². The molecule has 0 spiro atoms. The van der Waals surface area contributed by atoms with Crippen molar-refractivity contribution < 1.29 is 9.66 Å². The topological polar surface area (TPSA) is 64.4 Å². The molecule has 0 unspecified atom stereocenters. The molecule has 110 valence electrons. The zero-order chi connectivity index (χ0) is 15.2. The molecule has 0 fully saturated rings. The van der Waals surface area contributed by atoms with Crippen molar-refractivity contribution in [2.24, 2.45) is 0 Å². The second kappa shape index (κ2) is 7.19. The van der Waals surface area contributed by atoms with E-state index in [1.54, 1.807) is 24.3 Å². The first-order valence-electron chi connectivity index (χ1n) is 6.52. The number of nitro benzene ring substituents is 1. The molecular weight excluding hydrogens is 336 g/mol. The van der Waals surface area contributed by atoms with Gasteiger partial charge >= 0.3 is 5.69 Å². The summed E-state index contributed by atoms with van der Waals surface area (Å²) in [4.78, 5) is 10.5. The summed E-state index contributed by atoms with van der Waals surface area (Å²) >= 11 is 3.48. The molecule has 0 aliphatic heterocycles. The Kier molecular flexibility index (Phi) is 5.30. The monoisotopic (exact) mass is 350 g/mol. The fraction of sp³-hybridized carbons (Fsp3) is 0.200. The second-order valence-corrected chi connectivity index (χ2v) is 5.21. The summed E-state index contributed by atoms with van der Waals surface area (Å²) in [5.74, 6) is 0.783. The molecule has 0 amide bonds. The maximum absolute atomic E-state index is 11.0. The molecule has 0 aliphatic carbocycles. The van der Waals surface area contributed by atoms with Gasteiger partial charge < -0.3 is 10.1 Å². The SMILES string of the molecule is CCNCc1ccc(Oc2ccccc2[N+](=O)[O-])cc1Br. The van der Waals surface area contributed by atoms with Crippen molar-refractivity contribution in [3.8, 4) is 11.5 Å². The molecule has 0 radical (unpaired) electrons. The van der Waals surface area contributed by atoms with E-state index in [0.717, 1.165) is 23.1 Å². The number of rotatable bonds is 6. The van der Waals surface area contributed by atoms with Crippen molar-refractivity contribution in [2.75, 3.05) is 6.54 Å². The zero-order valence-corrected chi connectivity index (χ0v) is 13.1. The third kappa shape index (κ3) is 4.03. The lowest BCUT2D eigenvalue weighted by Crippen LogP contribution is -2.11. The average Bonchev–Trinajstić information content (AvgIpc) is 2.47. The van der Waals surface area contributed by atoms with E-state index in [4.69, 9.17) is 4.74 Å². The van der Waals surface area contributed by atoms with Crippen LogP contribution in [0.3, 0.4) is 0 Å². The zero-order valence-electron chi connectivity index (χ0n) is 11.5. The number of hydrogen-bond acceptors (Lipinski definition) is 4. The molecule has 2 rings (SSSR count). The molecule has 21 heavy (non-hydrogen) atoms. The van der Waals surface area contributed by atoms with Gasteiger partial charge in [0.2, 0.25) is 5.75 Å². The van der Waals surface area contributed by atoms with Crippen LogP contribution in [0.1, 0.15) is 12.5 Å². The third-order valence-corrected chi connectivity index (χ3v) is 3.62. The number of ether oxygens (including phenoxy) is 1. The van der Waals surface area contributed by atoms with Crippen molar-refractivity contribution >= 4 is 21.6 Å². The maximum atomic E-state index is 11.0. The first-order valence-corrected chi connectivity index (χ1v) is 7.31. The summed E-state index contributed by atoms with van der Waals surface area (Å²) in [6.45, 7) is 3.68. The smallest absolute Gasteiger partial charge is 0.311 e. The van der Waals surface area contributed by atoms with Crippen LogP contribution in [0.2, 0.25) is 0 Å². The molecule has 2 aromatic carbocycles. The first-order chi connectivity index (χ1) is 10.1. The van der Waals surface area contributed by atoms with Crippen molar-refractivity contribution in [1.82, 2.24) is 5.32 Å². The minimum absolute atomic E-state index is 0.0506. The predicted octanol–water partition coefficient (Wildman–Crippen LogP) is 4.26. The van der Waals surface area contributed by atoms with Crippen molar-refractivity contribution in [2.45, 2.75) is 13.5 Å². The standard InChI is InChI=1S/C15H15BrN2O3/c1-2-17-10-11-7-8-12(9-13(11)16)21-15-6-4-3-5-14(15)18(19)20/h3-9,17H,2,10H2,1H3. The van der Waals surface area contributed by atoms with Crippen LogP contribution < -0.4 is 10.1 Å². The highest BCUT2D eigenvalue weighted by Crippen LogP contribution is 2.32. The van der Waals surface area contributed by atoms with Crippen LogP contribution >= 0.6 is 15.9 Å². The lowest BCUT2D eigenvalue weighted by molar-refractivity contribution is -0.385. The Labute approximate surface area is 131 Å². The number of halogens is 1. The van der Waals surface area contributed by atoms with E-state index in [2.05, 4.69) is 21.2 Å². The predicted molar refractivity (Wildman–Crippen MR) is 84.7 cm³/mol. The summed E-state index contributed by atoms with van der Waals surface area (Å²) in [7, 11) is 0. The van der Waals surface area contributed by atoms with Crippen LogP contribution in [0.5, 0.6) is 11.5 Å². The molecule has 5 nitrogen and oxygen atoms in total. The number of nitrogens with one attached hydrogen (secondary N) is 1. The molecule has 1 N–H and O–H groups in total. The second-order valence-electron chi connectivity index (χ2n) is 4.36. The van der Waals surface area contributed by atoms with Crippen molar-refractivity contribution in [3.63, 3.8) is 0 Å². The third-order valence-electron chi connectivity index (χ3n) is 2.88. The largest absolute Gasteiger partial charge is 0.450 e. The quantitative estimate of drug-likeness (QED) is 0.624. The van der Waals surface area contributed by atoms with Gasteiger partial charge in [-0.25, -0.2) is 0 Å². The number of benzene rings is 2. The van der Waals surface area contributed by atoms with Gasteiger partial charge in [0.05, 0.1) is 4.92 Å². The summed E-state index contributed by atoms with van der Waals surface area (Å²) in [5.41, 5.74) is 1.05. The Bertz CT molecular complexity index is 647. The molecule has 0 bridgehead atoms. The van der Waals surface area contributed by atoms with Gasteiger partial charge in [-0.05, 0) is 30.3 Å². The van der Waals surface area contributed by atoms with E-state index in [0.29, 0.717) is 5.75 Å². The lowest BCUT2D eigenvalue weighted by atomic mass is 10.2. The molecule has 0 saturated heterocycles. The highest BCUT2D eigenvalue weighted by atomic mass is 79.9. The molecule has 6 heteroatoms. The van der Waals surface area contributed by atoms with Crippen LogP contribution in [0.15, 0.2) is 46.9 Å². The van der Waals surface area contributed by atoms with Crippen LogP contribution in [-0.2, 0) is 6.54 Å². The molecule has 0 atom stereocenters. The molecule has 0 aromatic heterocycles. The molecule has 0 heterocycles. The van der Waals surface area contributed by atoms with Crippen LogP contribution in [0, 0.1) is 10.1 Å². The fourth-order valence-electron chi connectivity index (χ4n) is 1.82. The number of para-hydroxylation sites is 2. The summed E-state index contributed by atoms with van der Waals surface area (Å²) in [5, 5.41) is 14.2. The van der Waals surface area contributed by atoms with E-state index >= 15 is 0 Å². The Hall–Kier alpha value is -1.92. The molecule has 0 saturated carbocycles. The van der Waals surface area contributed by atoms with Gasteiger partial charge in [0.15, 0.2) is 0 Å². The number of nitrogens with zero attached hydrogens (tertiary/aromatic N) is 1. The van der Waals surface area contributed by atoms with Gasteiger partial charge in [-0.15, -0.1) is 0 Å². The summed E-state index contributed by atoms with van der Waals surface area (Å²) < 4.78 is 6.52. The number of hydrogen-bond donors (Lipinski definition) is 1. The van der Waals surface area contributed by atoms with E-state index in [1.165, 1.54) is 6.07 Å². The Morgan fingerprint density at radius 3 is 2.71 bits per heavy atom. The minimum Gasteiger partial charge on any atom is -0.450 e. The normalized spacial score (nSPS) is 10.4.